The predicted octanol–water partition coefficient (Wildman–Crippen LogP) is 2.53. The molecule has 0 heterocycles. The summed E-state index contributed by atoms with van der Waals surface area (Å²) in [6, 6.07) is 9.60. The van der Waals surface area contributed by atoms with E-state index in [-0.39, 0.29) is 0 Å². The van der Waals surface area contributed by atoms with E-state index in [2.05, 4.69) is 26.6 Å². The normalized spacial score (nSPS) is 10.9. The van der Waals surface area contributed by atoms with Crippen molar-refractivity contribution < 1.29 is 0 Å². The standard InChI is InChI=1S/C10H12BrN3/c1-13-7-9(11)10(12)14-8-5-3-2-4-6-8/h2-7,13H,1H3,(H2,12,14)/b9-7+. The molecular weight excluding hydrogens is 242 g/mol. The summed E-state index contributed by atoms with van der Waals surface area (Å²) < 4.78 is 0.684. The Morgan fingerprint density at radius 2 is 2.00 bits per heavy atom. The lowest BCUT2D eigenvalue weighted by molar-refractivity contribution is 1.10. The average molecular weight is 254 g/mol. The lowest BCUT2D eigenvalue weighted by Crippen LogP contribution is -2.12. The van der Waals surface area contributed by atoms with E-state index in [1.807, 2.05) is 30.3 Å². The fourth-order valence-electron chi connectivity index (χ4n) is 0.924. The Balaban J connectivity index is 2.62. The Kier molecular flexibility index (Phi) is 4.19. The van der Waals surface area contributed by atoms with Gasteiger partial charge < -0.3 is 10.6 Å². The van der Waals surface area contributed by atoms with Crippen molar-refractivity contribution >= 4 is 27.5 Å². The van der Waals surface area contributed by atoms with Crippen molar-refractivity contribution in [2.45, 2.75) is 0 Å². The van der Waals surface area contributed by atoms with Gasteiger partial charge in [0, 0.05) is 18.9 Å². The van der Waals surface area contributed by atoms with Crippen LogP contribution in [0.3, 0.4) is 0 Å². The minimum atomic E-state index is 0.325. The first-order valence-electron chi connectivity index (χ1n) is 4.18. The summed E-state index contributed by atoms with van der Waals surface area (Å²) in [5.41, 5.74) is 0.902. The van der Waals surface area contributed by atoms with E-state index in [4.69, 9.17) is 5.41 Å². The van der Waals surface area contributed by atoms with Crippen molar-refractivity contribution in [2.75, 3.05) is 12.4 Å². The monoisotopic (exact) mass is 253 g/mol. The van der Waals surface area contributed by atoms with E-state index in [9.17, 15) is 0 Å². The highest BCUT2D eigenvalue weighted by molar-refractivity contribution is 9.12. The number of halogens is 1. The van der Waals surface area contributed by atoms with Gasteiger partial charge in [-0.05, 0) is 28.1 Å². The minimum Gasteiger partial charge on any atom is -0.393 e. The Hall–Kier alpha value is -1.29. The molecule has 0 fully saturated rings. The van der Waals surface area contributed by atoms with Crippen LogP contribution in [0.5, 0.6) is 0 Å². The minimum absolute atomic E-state index is 0.325. The number of hydrogen-bond donors (Lipinski definition) is 3. The largest absolute Gasteiger partial charge is 0.393 e. The number of rotatable bonds is 3. The molecule has 0 aliphatic heterocycles. The van der Waals surface area contributed by atoms with Crippen LogP contribution in [0.25, 0.3) is 0 Å². The second-order valence-corrected chi connectivity index (χ2v) is 3.50. The Morgan fingerprint density at radius 1 is 1.36 bits per heavy atom. The van der Waals surface area contributed by atoms with Gasteiger partial charge in [0.25, 0.3) is 0 Å². The quantitative estimate of drug-likeness (QED) is 0.573. The molecule has 0 saturated carbocycles. The van der Waals surface area contributed by atoms with E-state index >= 15 is 0 Å². The van der Waals surface area contributed by atoms with Crippen LogP contribution in [0, 0.1) is 5.41 Å². The van der Waals surface area contributed by atoms with E-state index in [1.165, 1.54) is 0 Å². The molecule has 0 bridgehead atoms. The first kappa shape index (κ1) is 10.8. The Morgan fingerprint density at radius 3 is 2.57 bits per heavy atom. The number of nitrogens with one attached hydrogen (secondary N) is 3. The van der Waals surface area contributed by atoms with Crippen molar-refractivity contribution in [3.8, 4) is 0 Å². The van der Waals surface area contributed by atoms with E-state index in [1.54, 1.807) is 13.2 Å². The van der Waals surface area contributed by atoms with Crippen molar-refractivity contribution in [3.63, 3.8) is 0 Å². The zero-order chi connectivity index (χ0) is 10.4. The molecule has 0 atom stereocenters. The Labute approximate surface area is 91.9 Å². The second kappa shape index (κ2) is 5.44. The lowest BCUT2D eigenvalue weighted by atomic mass is 10.3. The van der Waals surface area contributed by atoms with Crippen molar-refractivity contribution in [1.29, 1.82) is 5.41 Å². The highest BCUT2D eigenvalue weighted by Crippen LogP contribution is 2.10. The summed E-state index contributed by atoms with van der Waals surface area (Å²) in [7, 11) is 1.79. The molecule has 3 N–H and O–H groups in total. The molecular formula is C10H12BrN3. The van der Waals surface area contributed by atoms with Gasteiger partial charge in [-0.2, -0.15) is 0 Å². The van der Waals surface area contributed by atoms with Crippen LogP contribution >= 0.6 is 15.9 Å². The molecule has 14 heavy (non-hydrogen) atoms. The summed E-state index contributed by atoms with van der Waals surface area (Å²) in [5, 5.41) is 13.5. The van der Waals surface area contributed by atoms with E-state index < -0.39 is 0 Å². The summed E-state index contributed by atoms with van der Waals surface area (Å²) in [5.74, 6) is 0.325. The maximum atomic E-state index is 7.67. The summed E-state index contributed by atoms with van der Waals surface area (Å²) in [6.45, 7) is 0. The molecule has 3 nitrogen and oxygen atoms in total. The van der Waals surface area contributed by atoms with Crippen LogP contribution in [0.2, 0.25) is 0 Å². The topological polar surface area (TPSA) is 47.9 Å². The molecule has 0 spiro atoms. The third kappa shape index (κ3) is 3.22. The molecule has 4 heteroatoms. The number of para-hydroxylation sites is 1. The zero-order valence-corrected chi connectivity index (χ0v) is 9.43. The maximum absolute atomic E-state index is 7.67. The van der Waals surface area contributed by atoms with Gasteiger partial charge in [0.1, 0.15) is 5.84 Å². The third-order valence-corrected chi connectivity index (χ3v) is 2.18. The molecule has 1 aromatic carbocycles. The smallest absolute Gasteiger partial charge is 0.138 e. The number of benzene rings is 1. The van der Waals surface area contributed by atoms with E-state index in [0.717, 1.165) is 5.69 Å². The van der Waals surface area contributed by atoms with Crippen LogP contribution in [-0.2, 0) is 0 Å². The summed E-state index contributed by atoms with van der Waals surface area (Å²) in [6.07, 6.45) is 1.71. The molecule has 1 aromatic rings. The SMILES string of the molecule is CN/C=C(/Br)C(=N)Nc1ccccc1. The Bertz CT molecular complexity index is 332. The van der Waals surface area contributed by atoms with E-state index in [0.29, 0.717) is 10.3 Å². The number of amidine groups is 1. The molecule has 0 saturated heterocycles. The van der Waals surface area contributed by atoms with Gasteiger partial charge in [-0.3, -0.25) is 5.41 Å². The fraction of sp³-hybridized carbons (Fsp3) is 0.100. The van der Waals surface area contributed by atoms with Gasteiger partial charge in [0.2, 0.25) is 0 Å². The van der Waals surface area contributed by atoms with Crippen LogP contribution in [0.4, 0.5) is 5.69 Å². The summed E-state index contributed by atoms with van der Waals surface area (Å²) in [4.78, 5) is 0. The predicted molar refractivity (Wildman–Crippen MR) is 63.9 cm³/mol. The van der Waals surface area contributed by atoms with Gasteiger partial charge in [0.15, 0.2) is 0 Å². The molecule has 0 aromatic heterocycles. The second-order valence-electron chi connectivity index (χ2n) is 2.65. The zero-order valence-electron chi connectivity index (χ0n) is 7.84. The van der Waals surface area contributed by atoms with Crippen LogP contribution in [-0.4, -0.2) is 12.9 Å². The van der Waals surface area contributed by atoms with Crippen molar-refractivity contribution in [2.24, 2.45) is 0 Å². The molecule has 0 radical (unpaired) electrons. The van der Waals surface area contributed by atoms with Crippen LogP contribution < -0.4 is 10.6 Å². The molecule has 0 unspecified atom stereocenters. The highest BCUT2D eigenvalue weighted by Gasteiger charge is 2.00. The number of anilines is 1. The van der Waals surface area contributed by atoms with Crippen LogP contribution in [0.1, 0.15) is 0 Å². The highest BCUT2D eigenvalue weighted by atomic mass is 79.9. The molecule has 74 valence electrons. The maximum Gasteiger partial charge on any atom is 0.138 e. The molecule has 0 amide bonds. The first-order valence-corrected chi connectivity index (χ1v) is 4.97. The average Bonchev–Trinajstić information content (AvgIpc) is 2.19. The van der Waals surface area contributed by atoms with Crippen molar-refractivity contribution in [3.05, 3.63) is 41.0 Å². The fourth-order valence-corrected chi connectivity index (χ4v) is 1.25. The first-order chi connectivity index (χ1) is 6.74. The molecule has 0 aliphatic carbocycles. The molecule has 0 aliphatic rings. The van der Waals surface area contributed by atoms with Gasteiger partial charge in [-0.1, -0.05) is 18.2 Å². The van der Waals surface area contributed by atoms with Crippen molar-refractivity contribution in [1.82, 2.24) is 5.32 Å². The van der Waals surface area contributed by atoms with Gasteiger partial charge >= 0.3 is 0 Å². The molecule has 1 rings (SSSR count). The van der Waals surface area contributed by atoms with Gasteiger partial charge in [-0.25, -0.2) is 0 Å². The van der Waals surface area contributed by atoms with Crippen LogP contribution in [0.15, 0.2) is 41.0 Å². The van der Waals surface area contributed by atoms with Gasteiger partial charge in [-0.15, -0.1) is 0 Å². The lowest BCUT2D eigenvalue weighted by Gasteiger charge is -2.06. The number of hydrogen-bond acceptors (Lipinski definition) is 2. The van der Waals surface area contributed by atoms with Gasteiger partial charge in [0.05, 0.1) is 4.48 Å². The third-order valence-electron chi connectivity index (χ3n) is 1.55. The summed E-state index contributed by atoms with van der Waals surface area (Å²) >= 11 is 3.27.